The average molecular weight is 462 g/mol. The highest BCUT2D eigenvalue weighted by atomic mass is 32.2. The van der Waals surface area contributed by atoms with Crippen LogP contribution in [0.4, 0.5) is 11.4 Å². The third-order valence-corrected chi connectivity index (χ3v) is 6.62. The van der Waals surface area contributed by atoms with E-state index < -0.39 is 15.9 Å². The summed E-state index contributed by atoms with van der Waals surface area (Å²) in [6.45, 7) is 2.09. The van der Waals surface area contributed by atoms with Gasteiger partial charge >= 0.3 is 0 Å². The van der Waals surface area contributed by atoms with Crippen molar-refractivity contribution in [1.29, 1.82) is 0 Å². The molecule has 2 aromatic rings. The van der Waals surface area contributed by atoms with Crippen molar-refractivity contribution in [3.05, 3.63) is 48.0 Å². The summed E-state index contributed by atoms with van der Waals surface area (Å²) in [4.78, 5) is 15.0. The second-order valence-corrected chi connectivity index (χ2v) is 9.71. The van der Waals surface area contributed by atoms with E-state index in [2.05, 4.69) is 22.3 Å². The zero-order valence-corrected chi connectivity index (χ0v) is 19.7. The minimum atomic E-state index is -3.74. The number of rotatable bonds is 9. The van der Waals surface area contributed by atoms with Crippen molar-refractivity contribution in [2.45, 2.75) is 25.8 Å². The summed E-state index contributed by atoms with van der Waals surface area (Å²) in [5.41, 5.74) is 2.38. The van der Waals surface area contributed by atoms with Crippen LogP contribution in [-0.4, -0.2) is 54.4 Å². The number of anilines is 2. The van der Waals surface area contributed by atoms with Crippen molar-refractivity contribution in [3.63, 3.8) is 0 Å². The Morgan fingerprint density at radius 2 is 1.72 bits per heavy atom. The lowest BCUT2D eigenvalue weighted by atomic mass is 10.1. The highest BCUT2D eigenvalue weighted by molar-refractivity contribution is 7.92. The molecule has 0 radical (unpaired) electrons. The van der Waals surface area contributed by atoms with Gasteiger partial charge < -0.3 is 19.7 Å². The summed E-state index contributed by atoms with van der Waals surface area (Å²) < 4.78 is 36.4. The molecule has 0 aromatic heterocycles. The third-order valence-electron chi connectivity index (χ3n) is 5.49. The quantitative estimate of drug-likeness (QED) is 0.618. The summed E-state index contributed by atoms with van der Waals surface area (Å²) in [6.07, 6.45) is 4.77. The van der Waals surface area contributed by atoms with Crippen LogP contribution >= 0.6 is 0 Å². The zero-order valence-electron chi connectivity index (χ0n) is 18.8. The topological polar surface area (TPSA) is 88.2 Å². The minimum Gasteiger partial charge on any atom is -0.497 e. The van der Waals surface area contributed by atoms with E-state index in [0.717, 1.165) is 29.2 Å². The number of methoxy groups -OCH3 is 2. The number of benzene rings is 2. The van der Waals surface area contributed by atoms with E-state index in [0.29, 0.717) is 18.0 Å². The fraction of sp³-hybridized carbons (Fsp3) is 0.435. The molecule has 0 unspecified atom stereocenters. The van der Waals surface area contributed by atoms with Crippen LogP contribution < -0.4 is 24.0 Å². The molecule has 8 nitrogen and oxygen atoms in total. The van der Waals surface area contributed by atoms with Crippen molar-refractivity contribution >= 4 is 27.3 Å². The van der Waals surface area contributed by atoms with Crippen LogP contribution in [0, 0.1) is 0 Å². The van der Waals surface area contributed by atoms with E-state index in [1.54, 1.807) is 12.1 Å². The molecular formula is C23H31N3O5S. The molecular weight excluding hydrogens is 430 g/mol. The maximum absolute atomic E-state index is 12.6. The number of piperidine rings is 1. The van der Waals surface area contributed by atoms with Crippen molar-refractivity contribution in [3.8, 4) is 11.5 Å². The lowest BCUT2D eigenvalue weighted by molar-refractivity contribution is -0.119. The SMILES string of the molecule is COc1ccc(OC)c(N(CC(=O)NCc2ccc(N3CCCCC3)cc2)S(C)(=O)=O)c1. The first-order valence-electron chi connectivity index (χ1n) is 10.6. The molecule has 3 rings (SSSR count). The van der Waals surface area contributed by atoms with Gasteiger partial charge in [0.05, 0.1) is 26.2 Å². The minimum absolute atomic E-state index is 0.246. The first-order chi connectivity index (χ1) is 15.3. The molecule has 1 saturated heterocycles. The number of carbonyl (C=O) groups excluding carboxylic acids is 1. The highest BCUT2D eigenvalue weighted by Crippen LogP contribution is 2.33. The smallest absolute Gasteiger partial charge is 0.241 e. The molecule has 9 heteroatoms. The number of sulfonamides is 1. The van der Waals surface area contributed by atoms with Gasteiger partial charge in [-0.05, 0) is 49.1 Å². The Kier molecular flexibility index (Phi) is 7.84. The van der Waals surface area contributed by atoms with Crippen molar-refractivity contribution in [1.82, 2.24) is 5.32 Å². The predicted molar refractivity (Wildman–Crippen MR) is 126 cm³/mol. The number of ether oxygens (including phenoxy) is 2. The van der Waals surface area contributed by atoms with Crippen LogP contribution in [-0.2, 0) is 21.4 Å². The van der Waals surface area contributed by atoms with E-state index in [4.69, 9.17) is 9.47 Å². The van der Waals surface area contributed by atoms with Gasteiger partial charge in [-0.1, -0.05) is 12.1 Å². The molecule has 1 aliphatic heterocycles. The van der Waals surface area contributed by atoms with Crippen molar-refractivity contribution < 1.29 is 22.7 Å². The Balaban J connectivity index is 1.66. The Bertz CT molecular complexity index is 1020. The fourth-order valence-corrected chi connectivity index (χ4v) is 4.59. The highest BCUT2D eigenvalue weighted by Gasteiger charge is 2.24. The average Bonchev–Trinajstić information content (AvgIpc) is 2.81. The maximum Gasteiger partial charge on any atom is 0.241 e. The van der Waals surface area contributed by atoms with E-state index in [1.165, 1.54) is 45.2 Å². The third kappa shape index (κ3) is 6.06. The van der Waals surface area contributed by atoms with Gasteiger partial charge in [-0.25, -0.2) is 8.42 Å². The molecule has 1 heterocycles. The van der Waals surface area contributed by atoms with Crippen LogP contribution in [0.15, 0.2) is 42.5 Å². The maximum atomic E-state index is 12.6. The van der Waals surface area contributed by atoms with Gasteiger partial charge in [0, 0.05) is 31.4 Å². The molecule has 0 spiro atoms. The molecule has 0 aliphatic carbocycles. The van der Waals surface area contributed by atoms with Crippen LogP contribution in [0.2, 0.25) is 0 Å². The number of hydrogen-bond donors (Lipinski definition) is 1. The Labute approximate surface area is 190 Å². The molecule has 0 bridgehead atoms. The van der Waals surface area contributed by atoms with Gasteiger partial charge in [0.15, 0.2) is 0 Å². The predicted octanol–water partition coefficient (Wildman–Crippen LogP) is 2.78. The van der Waals surface area contributed by atoms with Gasteiger partial charge in [0.1, 0.15) is 18.0 Å². The van der Waals surface area contributed by atoms with Crippen LogP contribution in [0.5, 0.6) is 11.5 Å². The van der Waals surface area contributed by atoms with E-state index >= 15 is 0 Å². The molecule has 1 amide bonds. The van der Waals surface area contributed by atoms with Gasteiger partial charge in [-0.2, -0.15) is 0 Å². The number of carbonyl (C=O) groups is 1. The first kappa shape index (κ1) is 23.7. The molecule has 32 heavy (non-hydrogen) atoms. The summed E-state index contributed by atoms with van der Waals surface area (Å²) in [7, 11) is -0.811. The number of nitrogens with one attached hydrogen (secondary N) is 1. The van der Waals surface area contributed by atoms with Crippen LogP contribution in [0.25, 0.3) is 0 Å². The molecule has 1 aliphatic rings. The largest absolute Gasteiger partial charge is 0.497 e. The second-order valence-electron chi connectivity index (χ2n) is 7.80. The molecule has 174 valence electrons. The molecule has 2 aromatic carbocycles. The Morgan fingerprint density at radius 1 is 1.03 bits per heavy atom. The standard InChI is InChI=1S/C23H31N3O5S/c1-30-20-11-12-22(31-2)21(15-20)26(32(3,28)29)17-23(27)24-16-18-7-9-19(10-8-18)25-13-5-4-6-14-25/h7-12,15H,4-6,13-14,16-17H2,1-3H3,(H,24,27). The van der Waals surface area contributed by atoms with Crippen molar-refractivity contribution in [2.24, 2.45) is 0 Å². The molecule has 0 saturated carbocycles. The molecule has 1 N–H and O–H groups in total. The van der Waals surface area contributed by atoms with Crippen molar-refractivity contribution in [2.75, 3.05) is 49.3 Å². The summed E-state index contributed by atoms with van der Waals surface area (Å²) in [5, 5.41) is 2.81. The van der Waals surface area contributed by atoms with E-state index in [9.17, 15) is 13.2 Å². The molecule has 1 fully saturated rings. The zero-order chi connectivity index (χ0) is 23.1. The summed E-state index contributed by atoms with van der Waals surface area (Å²) in [6, 6.07) is 12.9. The lowest BCUT2D eigenvalue weighted by Crippen LogP contribution is -2.40. The van der Waals surface area contributed by atoms with Crippen LogP contribution in [0.1, 0.15) is 24.8 Å². The van der Waals surface area contributed by atoms with Crippen LogP contribution in [0.3, 0.4) is 0 Å². The normalized spacial score (nSPS) is 14.0. The van der Waals surface area contributed by atoms with Gasteiger partial charge in [0.25, 0.3) is 0 Å². The van der Waals surface area contributed by atoms with Gasteiger partial charge in [-0.15, -0.1) is 0 Å². The Morgan fingerprint density at radius 3 is 2.31 bits per heavy atom. The molecule has 0 atom stereocenters. The summed E-state index contributed by atoms with van der Waals surface area (Å²) >= 11 is 0. The number of hydrogen-bond acceptors (Lipinski definition) is 6. The second kappa shape index (κ2) is 10.6. The summed E-state index contributed by atoms with van der Waals surface area (Å²) in [5.74, 6) is 0.376. The van der Waals surface area contributed by atoms with Gasteiger partial charge in [0.2, 0.25) is 15.9 Å². The first-order valence-corrected chi connectivity index (χ1v) is 12.5. The number of nitrogens with zero attached hydrogens (tertiary/aromatic N) is 2. The fourth-order valence-electron chi connectivity index (χ4n) is 3.74. The number of amides is 1. The van der Waals surface area contributed by atoms with Gasteiger partial charge in [-0.3, -0.25) is 9.10 Å². The van der Waals surface area contributed by atoms with E-state index in [1.807, 2.05) is 12.1 Å². The Hall–Kier alpha value is -2.94. The van der Waals surface area contributed by atoms with E-state index in [-0.39, 0.29) is 12.2 Å². The lowest BCUT2D eigenvalue weighted by Gasteiger charge is -2.28. The monoisotopic (exact) mass is 461 g/mol.